The molecule has 1 N–H and O–H groups in total. The number of nitrogens with zero attached hydrogens (tertiary/aromatic N) is 3. The predicted octanol–water partition coefficient (Wildman–Crippen LogP) is 4.64. The number of aryl methyl sites for hydroxylation is 1. The molecule has 28 heavy (non-hydrogen) atoms. The summed E-state index contributed by atoms with van der Waals surface area (Å²) in [5.41, 5.74) is 2.40. The van der Waals surface area contributed by atoms with Crippen LogP contribution < -0.4 is 5.32 Å². The van der Waals surface area contributed by atoms with Gasteiger partial charge in [-0.25, -0.2) is 6.57 Å². The Kier molecular flexibility index (Phi) is 6.54. The Hall–Kier alpha value is -1.95. The minimum Gasteiger partial charge on any atom is -0.358 e. The quantitative estimate of drug-likeness (QED) is 0.502. The third-order valence-corrected chi connectivity index (χ3v) is 5.88. The molecule has 1 aromatic carbocycles. The van der Waals surface area contributed by atoms with Crippen molar-refractivity contribution >= 4 is 30.2 Å². The highest BCUT2D eigenvalue weighted by Crippen LogP contribution is 2.36. The summed E-state index contributed by atoms with van der Waals surface area (Å²) in [7, 11) is 1.54. The molecule has 1 amide bonds. The van der Waals surface area contributed by atoms with Gasteiger partial charge < -0.3 is 9.74 Å². The first kappa shape index (κ1) is 22.3. The number of carbonyl (C=O) groups is 1. The molecule has 150 valence electrons. The maximum Gasteiger partial charge on any atom is 0.346 e. The van der Waals surface area contributed by atoms with Crippen LogP contribution in [0, 0.1) is 6.57 Å². The highest BCUT2D eigenvalue weighted by Gasteiger charge is 2.34. The van der Waals surface area contributed by atoms with E-state index in [0.717, 1.165) is 21.3 Å². The molecule has 8 heteroatoms. The number of rotatable bonds is 6. The average molecular weight is 463 g/mol. The average Bonchev–Trinajstić information content (AvgIpc) is 3.00. The molecule has 1 unspecified atom stereocenters. The molecule has 6 nitrogen and oxygen atoms in total. The molecule has 1 heterocycles. The van der Waals surface area contributed by atoms with E-state index < -0.39 is 20.0 Å². The maximum atomic E-state index is 12.3. The van der Waals surface area contributed by atoms with Gasteiger partial charge in [0.2, 0.25) is 5.91 Å². The number of benzene rings is 1. The SMILES string of the molecule is [C-]#[N+]C(O[Si](C)(C)C)c1cc(Br)ccc1-c1cc(C(C)(C)C(=O)NC)nn1C. The minimum absolute atomic E-state index is 0.103. The molecular weight excluding hydrogens is 436 g/mol. The van der Waals surface area contributed by atoms with Gasteiger partial charge in [-0.05, 0) is 51.7 Å². The van der Waals surface area contributed by atoms with E-state index in [-0.39, 0.29) is 5.91 Å². The molecule has 0 aliphatic rings. The molecule has 0 saturated heterocycles. The van der Waals surface area contributed by atoms with Crippen LogP contribution in [0.15, 0.2) is 28.7 Å². The normalized spacial score (nSPS) is 13.1. The fraction of sp³-hybridized carbons (Fsp3) is 0.450. The number of nitrogens with one attached hydrogen (secondary N) is 1. The van der Waals surface area contributed by atoms with E-state index in [2.05, 4.69) is 50.8 Å². The maximum absolute atomic E-state index is 12.3. The molecule has 0 aliphatic carbocycles. The zero-order chi connectivity index (χ0) is 21.3. The lowest BCUT2D eigenvalue weighted by atomic mass is 9.87. The lowest BCUT2D eigenvalue weighted by molar-refractivity contribution is -0.125. The van der Waals surface area contributed by atoms with Crippen molar-refractivity contribution < 1.29 is 9.22 Å². The van der Waals surface area contributed by atoms with E-state index in [9.17, 15) is 4.79 Å². The third-order valence-electron chi connectivity index (χ3n) is 4.45. The summed E-state index contributed by atoms with van der Waals surface area (Å²) in [5, 5.41) is 7.28. The van der Waals surface area contributed by atoms with Crippen molar-refractivity contribution in [2.75, 3.05) is 7.05 Å². The second-order valence-corrected chi connectivity index (χ2v) is 13.6. The van der Waals surface area contributed by atoms with Gasteiger partial charge in [0.15, 0.2) is 8.32 Å². The largest absolute Gasteiger partial charge is 0.358 e. The third kappa shape index (κ3) is 4.72. The van der Waals surface area contributed by atoms with Crippen molar-refractivity contribution in [3.05, 3.63) is 51.4 Å². The van der Waals surface area contributed by atoms with Gasteiger partial charge in [-0.15, -0.1) is 0 Å². The van der Waals surface area contributed by atoms with Crippen molar-refractivity contribution in [2.24, 2.45) is 7.05 Å². The van der Waals surface area contributed by atoms with Gasteiger partial charge >= 0.3 is 6.23 Å². The summed E-state index contributed by atoms with van der Waals surface area (Å²) >= 11 is 3.51. The summed E-state index contributed by atoms with van der Waals surface area (Å²) in [6.45, 7) is 17.6. The monoisotopic (exact) mass is 462 g/mol. The second kappa shape index (κ2) is 8.19. The smallest absolute Gasteiger partial charge is 0.346 e. The van der Waals surface area contributed by atoms with Gasteiger partial charge in [0.1, 0.15) is 0 Å². The van der Waals surface area contributed by atoms with Crippen LogP contribution in [0.4, 0.5) is 0 Å². The zero-order valence-corrected chi connectivity index (χ0v) is 20.0. The number of halogens is 1. The van der Waals surface area contributed by atoms with Crippen LogP contribution in [0.1, 0.15) is 31.3 Å². The molecule has 1 atom stereocenters. The summed E-state index contributed by atoms with van der Waals surface area (Å²) in [5.74, 6) is -0.103. The van der Waals surface area contributed by atoms with Crippen LogP contribution in [0.25, 0.3) is 16.1 Å². The Labute approximate surface area is 176 Å². The van der Waals surface area contributed by atoms with Gasteiger partial charge in [0, 0.05) is 24.1 Å². The highest BCUT2D eigenvalue weighted by atomic mass is 79.9. The van der Waals surface area contributed by atoms with Crippen LogP contribution in [0.3, 0.4) is 0 Å². The van der Waals surface area contributed by atoms with Crippen molar-refractivity contribution in [2.45, 2.75) is 45.1 Å². The van der Waals surface area contributed by atoms with Crippen LogP contribution >= 0.6 is 15.9 Å². The highest BCUT2D eigenvalue weighted by molar-refractivity contribution is 9.10. The minimum atomic E-state index is -1.93. The Bertz CT molecular complexity index is 925. The molecular formula is C20H27BrN4O2Si. The van der Waals surface area contributed by atoms with E-state index in [1.807, 2.05) is 45.2 Å². The van der Waals surface area contributed by atoms with Gasteiger partial charge in [0.25, 0.3) is 0 Å². The van der Waals surface area contributed by atoms with Crippen LogP contribution in [-0.4, -0.2) is 31.1 Å². The molecule has 1 aromatic heterocycles. The Balaban J connectivity index is 2.61. The predicted molar refractivity (Wildman–Crippen MR) is 117 cm³/mol. The first-order chi connectivity index (χ1) is 12.9. The number of amides is 1. The summed E-state index contributed by atoms with van der Waals surface area (Å²) in [4.78, 5) is 16.0. The van der Waals surface area contributed by atoms with Crippen LogP contribution in [0.5, 0.6) is 0 Å². The molecule has 0 saturated carbocycles. The van der Waals surface area contributed by atoms with E-state index in [1.54, 1.807) is 11.7 Å². The number of hydrogen-bond donors (Lipinski definition) is 1. The fourth-order valence-electron chi connectivity index (χ4n) is 2.92. The van der Waals surface area contributed by atoms with E-state index in [0.29, 0.717) is 5.69 Å². The lowest BCUT2D eigenvalue weighted by Gasteiger charge is -2.20. The van der Waals surface area contributed by atoms with E-state index in [4.69, 9.17) is 11.0 Å². The first-order valence-electron chi connectivity index (χ1n) is 9.01. The van der Waals surface area contributed by atoms with Crippen LogP contribution in [0.2, 0.25) is 19.6 Å². The number of carbonyl (C=O) groups excluding carboxylic acids is 1. The van der Waals surface area contributed by atoms with Crippen molar-refractivity contribution in [3.63, 3.8) is 0 Å². The zero-order valence-electron chi connectivity index (χ0n) is 17.4. The summed E-state index contributed by atoms with van der Waals surface area (Å²) in [6, 6.07) is 7.73. The summed E-state index contributed by atoms with van der Waals surface area (Å²) < 4.78 is 8.76. The Morgan fingerprint density at radius 2 is 2.00 bits per heavy atom. The van der Waals surface area contributed by atoms with Crippen molar-refractivity contribution in [1.82, 2.24) is 15.1 Å². The lowest BCUT2D eigenvalue weighted by Crippen LogP contribution is -2.38. The second-order valence-electron chi connectivity index (χ2n) is 8.19. The number of likely N-dealkylation sites (N-methyl/N-ethyl adjacent to an activating group) is 1. The topological polar surface area (TPSA) is 60.5 Å². The summed E-state index contributed by atoms with van der Waals surface area (Å²) in [6.07, 6.45) is -0.690. The molecule has 0 aliphatic heterocycles. The number of hydrogen-bond acceptors (Lipinski definition) is 3. The van der Waals surface area contributed by atoms with Crippen LogP contribution in [-0.2, 0) is 21.7 Å². The first-order valence-corrected chi connectivity index (χ1v) is 13.2. The molecule has 2 rings (SSSR count). The Morgan fingerprint density at radius 1 is 1.36 bits per heavy atom. The molecule has 0 spiro atoms. The fourth-order valence-corrected chi connectivity index (χ4v) is 4.15. The van der Waals surface area contributed by atoms with Gasteiger partial charge in [0.05, 0.1) is 22.4 Å². The Morgan fingerprint density at radius 3 is 2.54 bits per heavy atom. The standard InChI is InChI=1S/C20H27BrN4O2Si/c1-20(2,19(26)23-4)17-12-16(25(5)24-17)14-10-9-13(21)11-15(14)18(22-3)27-28(6,7)8/h9-12,18H,1-2,4-8H3,(H,23,26). The number of aromatic nitrogens is 2. The van der Waals surface area contributed by atoms with Crippen molar-refractivity contribution in [1.29, 1.82) is 0 Å². The molecule has 0 radical (unpaired) electrons. The molecule has 0 fully saturated rings. The van der Waals surface area contributed by atoms with E-state index in [1.165, 1.54) is 0 Å². The van der Waals surface area contributed by atoms with Gasteiger partial charge in [-0.1, -0.05) is 22.0 Å². The van der Waals surface area contributed by atoms with Gasteiger partial charge in [-0.2, -0.15) is 5.10 Å². The molecule has 2 aromatic rings. The van der Waals surface area contributed by atoms with E-state index >= 15 is 0 Å². The van der Waals surface area contributed by atoms with Crippen molar-refractivity contribution in [3.8, 4) is 11.3 Å². The van der Waals surface area contributed by atoms with Gasteiger partial charge in [-0.3, -0.25) is 14.3 Å². The molecule has 0 bridgehead atoms.